The number of halogens is 1. The molecular weight excluding hydrogens is 398 g/mol. The Labute approximate surface area is 178 Å². The monoisotopic (exact) mass is 417 g/mol. The molecule has 0 fully saturated rings. The average molecular weight is 418 g/mol. The molecule has 0 unspecified atom stereocenters. The second-order valence-corrected chi connectivity index (χ2v) is 7.73. The van der Waals surface area contributed by atoms with E-state index in [0.29, 0.717) is 32.9 Å². The molecule has 6 heteroatoms. The number of hydrogen-bond donors (Lipinski definition) is 1. The molecule has 0 aliphatic heterocycles. The van der Waals surface area contributed by atoms with Crippen molar-refractivity contribution in [3.63, 3.8) is 0 Å². The van der Waals surface area contributed by atoms with Crippen LogP contribution in [0.5, 0.6) is 0 Å². The lowest BCUT2D eigenvalue weighted by molar-refractivity contribution is 0.101. The van der Waals surface area contributed by atoms with E-state index in [0.717, 1.165) is 16.7 Å². The number of carbonyl (C=O) groups is 1. The first-order chi connectivity index (χ1) is 14.3. The number of fused-ring (bicyclic) bond motifs is 1. The molecule has 1 aromatic heterocycles. The van der Waals surface area contributed by atoms with Crippen molar-refractivity contribution in [2.45, 2.75) is 20.8 Å². The van der Waals surface area contributed by atoms with Crippen LogP contribution in [0, 0.1) is 20.8 Å². The Hall–Kier alpha value is -3.44. The number of carbonyl (C=O) groups excluding carboxylic acids is 1. The van der Waals surface area contributed by atoms with Crippen LogP contribution in [0.4, 0.5) is 0 Å². The smallest absolute Gasteiger partial charge is 0.267 e. The molecule has 4 aromatic rings. The van der Waals surface area contributed by atoms with Gasteiger partial charge in [-0.2, -0.15) is 4.68 Å². The first-order valence-corrected chi connectivity index (χ1v) is 9.90. The van der Waals surface area contributed by atoms with Gasteiger partial charge < -0.3 is 0 Å². The van der Waals surface area contributed by atoms with Crippen LogP contribution in [0.25, 0.3) is 22.3 Å². The zero-order valence-corrected chi connectivity index (χ0v) is 17.6. The van der Waals surface area contributed by atoms with Crippen molar-refractivity contribution in [2.75, 3.05) is 5.43 Å². The quantitative estimate of drug-likeness (QED) is 0.508. The fourth-order valence-corrected chi connectivity index (χ4v) is 3.61. The minimum atomic E-state index is -0.377. The van der Waals surface area contributed by atoms with E-state index in [1.807, 2.05) is 39.0 Å². The standard InChI is InChI=1S/C24H20ClN3O2/c1-14-11-16(3)20(12-15(14)2)23(29)27-28-22(17-7-6-8-18(25)13-17)26-21-10-5-4-9-19(21)24(28)30/h4-13H,1-3H3,(H,27,29). The maximum atomic E-state index is 13.3. The van der Waals surface area contributed by atoms with Crippen molar-refractivity contribution in [1.82, 2.24) is 9.66 Å². The number of aryl methyl sites for hydroxylation is 3. The van der Waals surface area contributed by atoms with Gasteiger partial charge in [-0.1, -0.05) is 41.9 Å². The lowest BCUT2D eigenvalue weighted by Gasteiger charge is -2.16. The highest BCUT2D eigenvalue weighted by molar-refractivity contribution is 6.30. The Morgan fingerprint density at radius 3 is 2.43 bits per heavy atom. The molecule has 0 bridgehead atoms. The van der Waals surface area contributed by atoms with Crippen molar-refractivity contribution in [2.24, 2.45) is 0 Å². The molecule has 0 spiro atoms. The van der Waals surface area contributed by atoms with Crippen molar-refractivity contribution >= 4 is 28.4 Å². The van der Waals surface area contributed by atoms with Crippen molar-refractivity contribution < 1.29 is 4.79 Å². The third-order valence-corrected chi connectivity index (χ3v) is 5.39. The number of amides is 1. The fourth-order valence-electron chi connectivity index (χ4n) is 3.42. The maximum absolute atomic E-state index is 13.3. The third-order valence-electron chi connectivity index (χ3n) is 5.16. The average Bonchev–Trinajstić information content (AvgIpc) is 2.72. The van der Waals surface area contributed by atoms with Gasteiger partial charge in [0.05, 0.1) is 10.9 Å². The van der Waals surface area contributed by atoms with Gasteiger partial charge in [0.1, 0.15) is 0 Å². The summed E-state index contributed by atoms with van der Waals surface area (Å²) in [6, 6.07) is 17.9. The summed E-state index contributed by atoms with van der Waals surface area (Å²) in [6.07, 6.45) is 0. The largest absolute Gasteiger partial charge is 0.280 e. The van der Waals surface area contributed by atoms with E-state index in [-0.39, 0.29) is 11.5 Å². The highest BCUT2D eigenvalue weighted by atomic mass is 35.5. The summed E-state index contributed by atoms with van der Waals surface area (Å²) in [4.78, 5) is 31.0. The predicted molar refractivity (Wildman–Crippen MR) is 121 cm³/mol. The van der Waals surface area contributed by atoms with Crippen LogP contribution in [0.3, 0.4) is 0 Å². The molecule has 0 saturated carbocycles. The van der Waals surface area contributed by atoms with Gasteiger partial charge in [0.2, 0.25) is 0 Å². The van der Waals surface area contributed by atoms with Crippen LogP contribution in [0.15, 0.2) is 65.5 Å². The zero-order chi connectivity index (χ0) is 21.4. The highest BCUT2D eigenvalue weighted by Gasteiger charge is 2.17. The summed E-state index contributed by atoms with van der Waals surface area (Å²) in [5.41, 5.74) is 7.02. The summed E-state index contributed by atoms with van der Waals surface area (Å²) in [5.74, 6) is -0.0610. The Bertz CT molecular complexity index is 1360. The summed E-state index contributed by atoms with van der Waals surface area (Å²) >= 11 is 6.16. The van der Waals surface area contributed by atoms with Crippen LogP contribution in [0.1, 0.15) is 27.0 Å². The lowest BCUT2D eigenvalue weighted by atomic mass is 10.0. The molecule has 1 heterocycles. The van der Waals surface area contributed by atoms with E-state index in [1.54, 1.807) is 42.5 Å². The Morgan fingerprint density at radius 1 is 0.933 bits per heavy atom. The normalized spacial score (nSPS) is 10.9. The number of benzene rings is 3. The van der Waals surface area contributed by atoms with Crippen molar-refractivity contribution in [1.29, 1.82) is 0 Å². The molecule has 5 nitrogen and oxygen atoms in total. The summed E-state index contributed by atoms with van der Waals surface area (Å²) in [7, 11) is 0. The summed E-state index contributed by atoms with van der Waals surface area (Å²) < 4.78 is 1.20. The second kappa shape index (κ2) is 7.76. The molecular formula is C24H20ClN3O2. The molecule has 0 saturated heterocycles. The van der Waals surface area contributed by atoms with Gasteiger partial charge in [0.25, 0.3) is 11.5 Å². The number of aromatic nitrogens is 2. The van der Waals surface area contributed by atoms with Gasteiger partial charge in [-0.15, -0.1) is 0 Å². The molecule has 1 N–H and O–H groups in total. The number of para-hydroxylation sites is 1. The minimum absolute atomic E-state index is 0.316. The van der Waals surface area contributed by atoms with E-state index in [1.165, 1.54) is 4.68 Å². The van der Waals surface area contributed by atoms with Crippen LogP contribution in [0.2, 0.25) is 5.02 Å². The van der Waals surface area contributed by atoms with E-state index in [9.17, 15) is 9.59 Å². The van der Waals surface area contributed by atoms with Crippen LogP contribution < -0.4 is 11.0 Å². The van der Waals surface area contributed by atoms with Crippen LogP contribution >= 0.6 is 11.6 Å². The van der Waals surface area contributed by atoms with Crippen molar-refractivity contribution in [3.05, 3.63) is 98.3 Å². The zero-order valence-electron chi connectivity index (χ0n) is 16.9. The second-order valence-electron chi connectivity index (χ2n) is 7.30. The lowest BCUT2D eigenvalue weighted by Crippen LogP contribution is -2.35. The summed E-state index contributed by atoms with van der Waals surface area (Å²) in [6.45, 7) is 5.83. The van der Waals surface area contributed by atoms with Gasteiger partial charge >= 0.3 is 0 Å². The fraction of sp³-hybridized carbons (Fsp3) is 0.125. The van der Waals surface area contributed by atoms with Crippen LogP contribution in [-0.2, 0) is 0 Å². The molecule has 0 aliphatic carbocycles. The minimum Gasteiger partial charge on any atom is -0.267 e. The van der Waals surface area contributed by atoms with Crippen molar-refractivity contribution in [3.8, 4) is 11.4 Å². The van der Waals surface area contributed by atoms with E-state index in [2.05, 4.69) is 10.4 Å². The van der Waals surface area contributed by atoms with E-state index < -0.39 is 0 Å². The molecule has 0 atom stereocenters. The Balaban J connectivity index is 1.90. The van der Waals surface area contributed by atoms with E-state index in [4.69, 9.17) is 11.6 Å². The summed E-state index contributed by atoms with van der Waals surface area (Å²) in [5, 5.41) is 0.929. The Kier molecular flexibility index (Phi) is 5.14. The van der Waals surface area contributed by atoms with Gasteiger partial charge in [-0.25, -0.2) is 4.98 Å². The maximum Gasteiger partial charge on any atom is 0.280 e. The molecule has 30 heavy (non-hydrogen) atoms. The molecule has 4 rings (SSSR count). The third kappa shape index (κ3) is 3.60. The number of nitrogens with one attached hydrogen (secondary N) is 1. The number of nitrogens with zero attached hydrogens (tertiary/aromatic N) is 2. The first-order valence-electron chi connectivity index (χ1n) is 9.52. The molecule has 1 amide bonds. The molecule has 150 valence electrons. The first kappa shape index (κ1) is 19.9. The number of rotatable bonds is 3. The van der Waals surface area contributed by atoms with Crippen LogP contribution in [-0.4, -0.2) is 15.6 Å². The molecule has 0 aliphatic rings. The highest BCUT2D eigenvalue weighted by Crippen LogP contribution is 2.22. The number of hydrogen-bond acceptors (Lipinski definition) is 3. The SMILES string of the molecule is Cc1cc(C)c(C(=O)Nn2c(-c3cccc(Cl)c3)nc3ccccc3c2=O)cc1C. The van der Waals surface area contributed by atoms with Gasteiger partial charge in [-0.05, 0) is 67.8 Å². The Morgan fingerprint density at radius 2 is 1.67 bits per heavy atom. The molecule has 0 radical (unpaired) electrons. The van der Waals surface area contributed by atoms with E-state index >= 15 is 0 Å². The topological polar surface area (TPSA) is 64.0 Å². The van der Waals surface area contributed by atoms with Gasteiger partial charge in [0.15, 0.2) is 5.82 Å². The molecule has 3 aromatic carbocycles. The van der Waals surface area contributed by atoms with Gasteiger partial charge in [0, 0.05) is 16.1 Å². The predicted octanol–water partition coefficient (Wildman–Crippen LogP) is 5.03. The van der Waals surface area contributed by atoms with Gasteiger partial charge in [-0.3, -0.25) is 15.0 Å².